The van der Waals surface area contributed by atoms with E-state index >= 15 is 0 Å². The van der Waals surface area contributed by atoms with Crippen LogP contribution in [-0.2, 0) is 11.2 Å². The zero-order valence-corrected chi connectivity index (χ0v) is 11.1. The quantitative estimate of drug-likeness (QED) is 0.847. The predicted molar refractivity (Wildman–Crippen MR) is 78.0 cm³/mol. The molecule has 2 rings (SSSR count). The van der Waals surface area contributed by atoms with Crippen molar-refractivity contribution in [2.24, 2.45) is 0 Å². The van der Waals surface area contributed by atoms with Crippen LogP contribution in [0.5, 0.6) is 0 Å². The van der Waals surface area contributed by atoms with Crippen molar-refractivity contribution in [1.29, 1.82) is 0 Å². The summed E-state index contributed by atoms with van der Waals surface area (Å²) in [6.07, 6.45) is 4.72. The highest BCUT2D eigenvalue weighted by Gasteiger charge is 2.10. The smallest absolute Gasteiger partial charge is 0.337 e. The molecule has 0 aliphatic carbocycles. The van der Waals surface area contributed by atoms with Crippen molar-refractivity contribution >= 4 is 29.0 Å². The van der Waals surface area contributed by atoms with Crippen LogP contribution in [0.1, 0.15) is 16.3 Å². The van der Waals surface area contributed by atoms with Crippen LogP contribution in [0, 0.1) is 0 Å². The van der Waals surface area contributed by atoms with Gasteiger partial charge in [-0.05, 0) is 5.56 Å². The van der Waals surface area contributed by atoms with E-state index in [1.54, 1.807) is 5.38 Å². The van der Waals surface area contributed by atoms with Crippen LogP contribution >= 0.6 is 11.3 Å². The van der Waals surface area contributed by atoms with E-state index in [0.29, 0.717) is 12.1 Å². The third-order valence-corrected chi connectivity index (χ3v) is 3.39. The van der Waals surface area contributed by atoms with Crippen molar-refractivity contribution in [3.63, 3.8) is 0 Å². The van der Waals surface area contributed by atoms with E-state index < -0.39 is 5.97 Å². The molecule has 1 aromatic carbocycles. The van der Waals surface area contributed by atoms with Crippen molar-refractivity contribution in [2.45, 2.75) is 6.42 Å². The first-order valence-electron chi connectivity index (χ1n) is 5.75. The zero-order valence-electron chi connectivity index (χ0n) is 10.2. The van der Waals surface area contributed by atoms with E-state index in [0.717, 1.165) is 10.6 Å². The van der Waals surface area contributed by atoms with Gasteiger partial charge in [-0.25, -0.2) is 9.78 Å². The summed E-state index contributed by atoms with van der Waals surface area (Å²) < 4.78 is 0. The first-order chi connectivity index (χ1) is 9.16. The number of nitrogens with zero attached hydrogens (tertiary/aromatic N) is 1. The highest BCUT2D eigenvalue weighted by Crippen LogP contribution is 2.17. The lowest BCUT2D eigenvalue weighted by Gasteiger charge is -1.93. The van der Waals surface area contributed by atoms with Crippen LogP contribution in [0.25, 0.3) is 11.6 Å². The third kappa shape index (κ3) is 3.63. The summed E-state index contributed by atoms with van der Waals surface area (Å²) in [6.45, 7) is 3.49. The fourth-order valence-electron chi connectivity index (χ4n) is 1.51. The molecule has 0 aliphatic heterocycles. The van der Waals surface area contributed by atoms with Gasteiger partial charge in [0.15, 0.2) is 0 Å². The van der Waals surface area contributed by atoms with Crippen molar-refractivity contribution in [3.8, 4) is 0 Å². The molecular weight excluding hydrogens is 258 g/mol. The largest absolute Gasteiger partial charge is 0.478 e. The average Bonchev–Trinajstić information content (AvgIpc) is 2.88. The maximum absolute atomic E-state index is 10.8. The first-order valence-corrected chi connectivity index (χ1v) is 6.63. The second-order valence-corrected chi connectivity index (χ2v) is 4.87. The van der Waals surface area contributed by atoms with Gasteiger partial charge in [-0.15, -0.1) is 11.3 Å². The number of rotatable bonds is 5. The molecule has 0 saturated heterocycles. The molecule has 0 atom stereocenters. The molecule has 19 heavy (non-hydrogen) atoms. The summed E-state index contributed by atoms with van der Waals surface area (Å²) in [4.78, 5) is 15.0. The molecule has 4 heteroatoms. The SMILES string of the molecule is C=C(C(=O)O)c1csc(CC=Cc2ccccc2)n1. The van der Waals surface area contributed by atoms with Crippen LogP contribution < -0.4 is 0 Å². The Balaban J connectivity index is 1.99. The number of thiazole rings is 1. The van der Waals surface area contributed by atoms with Crippen LogP contribution in [0.15, 0.2) is 48.4 Å². The molecule has 0 bridgehead atoms. The number of aliphatic carboxylic acids is 1. The topological polar surface area (TPSA) is 50.2 Å². The molecule has 0 aliphatic rings. The summed E-state index contributed by atoms with van der Waals surface area (Å²) in [5.74, 6) is -1.03. The lowest BCUT2D eigenvalue weighted by Crippen LogP contribution is -1.98. The monoisotopic (exact) mass is 271 g/mol. The van der Waals surface area contributed by atoms with Crippen molar-refractivity contribution in [3.05, 3.63) is 64.6 Å². The molecule has 2 aromatic rings. The van der Waals surface area contributed by atoms with Crippen LogP contribution in [0.4, 0.5) is 0 Å². The Morgan fingerprint density at radius 1 is 1.37 bits per heavy atom. The summed E-state index contributed by atoms with van der Waals surface area (Å²) in [5.41, 5.74) is 1.62. The molecule has 0 saturated carbocycles. The minimum atomic E-state index is -1.03. The second-order valence-electron chi connectivity index (χ2n) is 3.93. The van der Waals surface area contributed by atoms with Crippen molar-refractivity contribution in [2.75, 3.05) is 0 Å². The van der Waals surface area contributed by atoms with E-state index in [4.69, 9.17) is 5.11 Å². The van der Waals surface area contributed by atoms with Gasteiger partial charge in [0.05, 0.1) is 16.3 Å². The Morgan fingerprint density at radius 2 is 2.11 bits per heavy atom. The molecular formula is C15H13NO2S. The molecule has 1 heterocycles. The van der Waals surface area contributed by atoms with E-state index in [1.165, 1.54) is 11.3 Å². The second kappa shape index (κ2) is 6.11. The highest BCUT2D eigenvalue weighted by atomic mass is 32.1. The molecule has 0 fully saturated rings. The van der Waals surface area contributed by atoms with Gasteiger partial charge in [-0.2, -0.15) is 0 Å². The van der Waals surface area contributed by atoms with Crippen molar-refractivity contribution in [1.82, 2.24) is 4.98 Å². The molecule has 0 radical (unpaired) electrons. The summed E-state index contributed by atoms with van der Waals surface area (Å²) in [7, 11) is 0. The van der Waals surface area contributed by atoms with Gasteiger partial charge >= 0.3 is 5.97 Å². The molecule has 1 aromatic heterocycles. The molecule has 96 valence electrons. The van der Waals surface area contributed by atoms with Gasteiger partial charge in [0, 0.05) is 11.8 Å². The molecule has 0 unspecified atom stereocenters. The number of allylic oxidation sites excluding steroid dienone is 1. The first kappa shape index (κ1) is 13.2. The predicted octanol–water partition coefficient (Wildman–Crippen LogP) is 3.50. The van der Waals surface area contributed by atoms with Gasteiger partial charge in [0.1, 0.15) is 0 Å². The van der Waals surface area contributed by atoms with E-state index in [9.17, 15) is 4.79 Å². The lowest BCUT2D eigenvalue weighted by atomic mass is 10.2. The molecule has 0 spiro atoms. The van der Waals surface area contributed by atoms with Gasteiger partial charge < -0.3 is 5.11 Å². The standard InChI is InChI=1S/C15H13NO2S/c1-11(15(17)18)13-10-19-14(16-13)9-5-8-12-6-3-2-4-7-12/h2-8,10H,1,9H2,(H,17,18). The summed E-state index contributed by atoms with van der Waals surface area (Å²) >= 11 is 1.44. The van der Waals surface area contributed by atoms with E-state index in [-0.39, 0.29) is 5.57 Å². The Bertz CT molecular complexity index is 614. The number of hydrogen-bond donors (Lipinski definition) is 1. The Labute approximate surface area is 115 Å². The molecule has 0 amide bonds. The van der Waals surface area contributed by atoms with Gasteiger partial charge in [-0.3, -0.25) is 0 Å². The number of hydrogen-bond acceptors (Lipinski definition) is 3. The number of carboxylic acids is 1. The van der Waals surface area contributed by atoms with Gasteiger partial charge in [-0.1, -0.05) is 49.1 Å². The number of aromatic nitrogens is 1. The molecule has 1 N–H and O–H groups in total. The maximum Gasteiger partial charge on any atom is 0.337 e. The Kier molecular flexibility index (Phi) is 4.26. The Morgan fingerprint density at radius 3 is 2.79 bits per heavy atom. The minimum Gasteiger partial charge on any atom is -0.478 e. The van der Waals surface area contributed by atoms with E-state index in [2.05, 4.69) is 11.6 Å². The van der Waals surface area contributed by atoms with Crippen molar-refractivity contribution < 1.29 is 9.90 Å². The lowest BCUT2D eigenvalue weighted by molar-refractivity contribution is -0.130. The van der Waals surface area contributed by atoms with Crippen LogP contribution in [0.2, 0.25) is 0 Å². The zero-order chi connectivity index (χ0) is 13.7. The van der Waals surface area contributed by atoms with Crippen LogP contribution in [0.3, 0.4) is 0 Å². The number of carboxylic acid groups (broad SMARTS) is 1. The fraction of sp³-hybridized carbons (Fsp3) is 0.0667. The summed E-state index contributed by atoms with van der Waals surface area (Å²) in [5, 5.41) is 11.4. The number of benzene rings is 1. The number of carbonyl (C=O) groups is 1. The van der Waals surface area contributed by atoms with E-state index in [1.807, 2.05) is 42.5 Å². The van der Waals surface area contributed by atoms with Gasteiger partial charge in [0.25, 0.3) is 0 Å². The maximum atomic E-state index is 10.8. The highest BCUT2D eigenvalue weighted by molar-refractivity contribution is 7.09. The normalized spacial score (nSPS) is 10.7. The molecule has 3 nitrogen and oxygen atoms in total. The minimum absolute atomic E-state index is 0.0366. The summed E-state index contributed by atoms with van der Waals surface area (Å²) in [6, 6.07) is 9.99. The fourth-order valence-corrected chi connectivity index (χ4v) is 2.30. The van der Waals surface area contributed by atoms with Gasteiger partial charge in [0.2, 0.25) is 0 Å². The van der Waals surface area contributed by atoms with Crippen LogP contribution in [-0.4, -0.2) is 16.1 Å². The Hall–Kier alpha value is -2.20. The third-order valence-electron chi connectivity index (χ3n) is 2.52. The average molecular weight is 271 g/mol.